The first kappa shape index (κ1) is 28.2. The molecule has 14 heteroatoms. The highest BCUT2D eigenvalue weighted by Crippen LogP contribution is 2.61. The van der Waals surface area contributed by atoms with Crippen LogP contribution in [0, 0.1) is 28.1 Å². The number of nitrogens with zero attached hydrogens (tertiary/aromatic N) is 7. The Bertz CT molecular complexity index is 1560. The summed E-state index contributed by atoms with van der Waals surface area (Å²) in [6.07, 6.45) is 3.66. The summed E-state index contributed by atoms with van der Waals surface area (Å²) in [4.78, 5) is 16.8. The number of aromatic nitrogens is 2. The fourth-order valence-corrected chi connectivity index (χ4v) is 9.27. The maximum absolute atomic E-state index is 14.8. The molecule has 232 valence electrons. The molecule has 0 amide bonds. The third kappa shape index (κ3) is 4.41. The van der Waals surface area contributed by atoms with Crippen LogP contribution in [0.5, 0.6) is 6.01 Å². The smallest absolute Gasteiger partial charge is 0.320 e. The number of ether oxygens (including phenoxy) is 2. The zero-order valence-electron chi connectivity index (χ0n) is 24.4. The lowest BCUT2D eigenvalue weighted by atomic mass is 9.74. The van der Waals surface area contributed by atoms with Crippen LogP contribution in [-0.2, 0) is 16.6 Å². The van der Waals surface area contributed by atoms with Gasteiger partial charge in [0.25, 0.3) is 5.92 Å². The number of halogens is 2. The summed E-state index contributed by atoms with van der Waals surface area (Å²) in [6, 6.07) is 5.32. The van der Waals surface area contributed by atoms with Gasteiger partial charge in [-0.3, -0.25) is 4.90 Å². The Morgan fingerprint density at radius 2 is 1.70 bits per heavy atom. The molecule has 3 atom stereocenters. The van der Waals surface area contributed by atoms with Crippen LogP contribution in [0.1, 0.15) is 47.3 Å². The van der Waals surface area contributed by atoms with E-state index < -0.39 is 11.3 Å². The van der Waals surface area contributed by atoms with Gasteiger partial charge in [-0.15, -0.1) is 11.3 Å². The lowest BCUT2D eigenvalue weighted by molar-refractivity contribution is -0.0101. The van der Waals surface area contributed by atoms with Crippen molar-refractivity contribution in [1.82, 2.24) is 20.2 Å². The number of nitrogens with two attached hydrogens (primary N) is 1. The lowest BCUT2D eigenvalue weighted by Crippen LogP contribution is -2.59. The molecule has 3 N–H and O–H groups in total. The van der Waals surface area contributed by atoms with E-state index in [1.165, 1.54) is 16.2 Å². The van der Waals surface area contributed by atoms with Gasteiger partial charge >= 0.3 is 6.01 Å². The molecule has 1 saturated carbocycles. The van der Waals surface area contributed by atoms with E-state index in [2.05, 4.69) is 22.4 Å². The second-order valence-electron chi connectivity index (χ2n) is 13.4. The largest absolute Gasteiger partial charge is 0.462 e. The van der Waals surface area contributed by atoms with Crippen molar-refractivity contribution in [2.45, 2.75) is 55.5 Å². The topological polar surface area (TPSA) is 140 Å². The minimum absolute atomic E-state index is 0.0227. The first-order valence-electron chi connectivity index (χ1n) is 15.4. The molecule has 2 aromatic heterocycles. The third-order valence-corrected chi connectivity index (χ3v) is 11.6. The van der Waals surface area contributed by atoms with E-state index in [0.717, 1.165) is 31.2 Å². The van der Waals surface area contributed by atoms with E-state index in [4.69, 9.17) is 25.2 Å². The maximum Gasteiger partial charge on any atom is 0.320 e. The van der Waals surface area contributed by atoms with Gasteiger partial charge in [0.2, 0.25) is 0 Å². The number of aryl methyl sites for hydroxylation is 1. The Morgan fingerprint density at radius 1 is 1.05 bits per heavy atom. The third-order valence-electron chi connectivity index (χ3n) is 10.6. The highest BCUT2D eigenvalue weighted by molar-refractivity contribution is 7.16. The van der Waals surface area contributed by atoms with Crippen molar-refractivity contribution < 1.29 is 18.3 Å². The molecule has 2 aliphatic carbocycles. The van der Waals surface area contributed by atoms with Crippen molar-refractivity contribution in [3.8, 4) is 18.1 Å². The van der Waals surface area contributed by atoms with Crippen molar-refractivity contribution in [3.63, 3.8) is 0 Å². The molecule has 6 heterocycles. The number of nitrogens with one attached hydrogen (secondary N) is 1. The highest BCUT2D eigenvalue weighted by atomic mass is 32.1. The molecule has 2 unspecified atom stereocenters. The summed E-state index contributed by atoms with van der Waals surface area (Å²) in [6.45, 7) is 4.90. The van der Waals surface area contributed by atoms with Crippen molar-refractivity contribution in [3.05, 3.63) is 21.6 Å². The van der Waals surface area contributed by atoms with E-state index in [1.54, 1.807) is 0 Å². The van der Waals surface area contributed by atoms with Crippen LogP contribution in [0.15, 0.2) is 0 Å². The van der Waals surface area contributed by atoms with E-state index >= 15 is 0 Å². The Morgan fingerprint density at radius 3 is 2.34 bits per heavy atom. The molecule has 44 heavy (non-hydrogen) atoms. The van der Waals surface area contributed by atoms with Gasteiger partial charge in [-0.2, -0.15) is 20.5 Å². The van der Waals surface area contributed by atoms with Crippen LogP contribution in [0.4, 0.5) is 25.4 Å². The van der Waals surface area contributed by atoms with Crippen LogP contribution in [0.2, 0.25) is 0 Å². The molecule has 0 aromatic carbocycles. The summed E-state index contributed by atoms with van der Waals surface area (Å²) < 4.78 is 41.2. The van der Waals surface area contributed by atoms with Crippen LogP contribution in [-0.4, -0.2) is 98.5 Å². The van der Waals surface area contributed by atoms with E-state index in [9.17, 15) is 19.3 Å². The number of rotatable bonds is 7. The standard InChI is InChI=1S/C30H35F2N9O2S/c31-30(32)13-29(30,16-39-5-7-42-8-6-39)17-43-27-37-25(40-11-18-1-2-19(12-40)36-18)21(10-34)26(38-27)41-14-28(15-41)4-3-22-23(28)20(9-33)24(35)44-22/h18-19,36H,1-8,11-17,35H2/t18-,19?,29?/m0/s1. The average molecular weight is 624 g/mol. The molecule has 0 radical (unpaired) electrons. The van der Waals surface area contributed by atoms with Gasteiger partial charge in [0, 0.05) is 74.6 Å². The van der Waals surface area contributed by atoms with Crippen LogP contribution < -0.4 is 25.6 Å². The molecule has 2 aromatic rings. The number of nitriles is 2. The normalized spacial score (nSPS) is 29.6. The number of hydrogen-bond acceptors (Lipinski definition) is 12. The van der Waals surface area contributed by atoms with Crippen molar-refractivity contribution >= 4 is 28.0 Å². The number of hydrogen-bond donors (Lipinski definition) is 2. The average Bonchev–Trinajstić information content (AvgIpc) is 3.32. The van der Waals surface area contributed by atoms with Crippen molar-refractivity contribution in [2.24, 2.45) is 5.41 Å². The van der Waals surface area contributed by atoms with Gasteiger partial charge in [0.05, 0.1) is 24.2 Å². The number of alkyl halides is 2. The minimum Gasteiger partial charge on any atom is -0.462 e. The van der Waals surface area contributed by atoms with E-state index in [-0.39, 0.29) is 31.0 Å². The Kier molecular flexibility index (Phi) is 6.48. The maximum atomic E-state index is 14.8. The van der Waals surface area contributed by atoms with Crippen molar-refractivity contribution in [1.29, 1.82) is 10.5 Å². The molecular formula is C30H35F2N9O2S. The molecular weight excluding hydrogens is 588 g/mol. The number of morpholine rings is 1. The first-order chi connectivity index (χ1) is 21.2. The second-order valence-corrected chi connectivity index (χ2v) is 14.5. The fraction of sp³-hybridized carbons (Fsp3) is 0.667. The van der Waals surface area contributed by atoms with Crippen LogP contribution in [0.3, 0.4) is 0 Å². The van der Waals surface area contributed by atoms with Gasteiger partial charge < -0.3 is 30.3 Å². The molecule has 6 aliphatic rings. The monoisotopic (exact) mass is 623 g/mol. The summed E-state index contributed by atoms with van der Waals surface area (Å²) >= 11 is 1.50. The van der Waals surface area contributed by atoms with Crippen molar-refractivity contribution in [2.75, 3.05) is 81.2 Å². The van der Waals surface area contributed by atoms with Gasteiger partial charge in [0.15, 0.2) is 11.6 Å². The summed E-state index contributed by atoms with van der Waals surface area (Å²) in [5.41, 5.74) is 6.65. The first-order valence-corrected chi connectivity index (χ1v) is 16.3. The number of thiophene rings is 1. The quantitative estimate of drug-likeness (QED) is 0.470. The minimum atomic E-state index is -2.83. The molecule has 5 fully saturated rings. The predicted molar refractivity (Wildman–Crippen MR) is 159 cm³/mol. The highest BCUT2D eigenvalue weighted by Gasteiger charge is 2.72. The predicted octanol–water partition coefficient (Wildman–Crippen LogP) is 2.24. The molecule has 8 rings (SSSR count). The van der Waals surface area contributed by atoms with E-state index in [1.807, 2.05) is 9.80 Å². The summed E-state index contributed by atoms with van der Waals surface area (Å²) in [7, 11) is 0. The molecule has 2 bridgehead atoms. The van der Waals surface area contributed by atoms with Gasteiger partial charge in [-0.05, 0) is 31.2 Å². The zero-order chi connectivity index (χ0) is 30.3. The molecule has 11 nitrogen and oxygen atoms in total. The summed E-state index contributed by atoms with van der Waals surface area (Å²) in [5, 5.41) is 24.5. The zero-order valence-corrected chi connectivity index (χ0v) is 25.3. The second kappa shape index (κ2) is 10.1. The SMILES string of the molecule is N#Cc1c(N2CC3CC[C@@H](C2)N3)nc(OCC2(CN3CCOCC3)CC2(F)F)nc1N1CC2(CCc3sc(N)c(C#N)c32)C1. The Labute approximate surface area is 258 Å². The molecule has 4 saturated heterocycles. The lowest BCUT2D eigenvalue weighted by Gasteiger charge is -2.49. The molecule has 1 spiro atoms. The number of nitrogen functional groups attached to an aromatic ring is 1. The Hall–Kier alpha value is -3.30. The fourth-order valence-electron chi connectivity index (χ4n) is 8.13. The molecule has 4 aliphatic heterocycles. The van der Waals surface area contributed by atoms with Gasteiger partial charge in [-0.25, -0.2) is 8.78 Å². The van der Waals surface area contributed by atoms with Crippen LogP contribution in [0.25, 0.3) is 0 Å². The number of fused-ring (bicyclic) bond motifs is 4. The number of piperazine rings is 1. The van der Waals surface area contributed by atoms with Crippen LogP contribution >= 0.6 is 11.3 Å². The Balaban J connectivity index is 1.10. The number of anilines is 3. The van der Waals surface area contributed by atoms with E-state index in [0.29, 0.717) is 92.3 Å². The van der Waals surface area contributed by atoms with Gasteiger partial charge in [0.1, 0.15) is 29.3 Å². The summed E-state index contributed by atoms with van der Waals surface area (Å²) in [5.74, 6) is -1.86. The van der Waals surface area contributed by atoms with Gasteiger partial charge in [-0.1, -0.05) is 0 Å².